The first-order chi connectivity index (χ1) is 8.42. The van der Waals surface area contributed by atoms with Crippen molar-refractivity contribution in [3.05, 3.63) is 0 Å². The third-order valence-corrected chi connectivity index (χ3v) is 7.79. The maximum absolute atomic E-state index is 12.0. The van der Waals surface area contributed by atoms with Crippen LogP contribution in [0, 0.1) is 0 Å². The molecule has 2 aliphatic heterocycles. The maximum atomic E-state index is 12.0. The Balaban J connectivity index is 1.92. The van der Waals surface area contributed by atoms with Gasteiger partial charge >= 0.3 is 0 Å². The van der Waals surface area contributed by atoms with Gasteiger partial charge in [-0.15, -0.1) is 0 Å². The maximum Gasteiger partial charge on any atom is 0.215 e. The molecular formula is C10H20N2O4S2. The third-order valence-electron chi connectivity index (χ3n) is 3.67. The quantitative estimate of drug-likeness (QED) is 0.711. The van der Waals surface area contributed by atoms with Crippen molar-refractivity contribution >= 4 is 19.9 Å². The van der Waals surface area contributed by atoms with E-state index in [2.05, 4.69) is 10.0 Å². The van der Waals surface area contributed by atoms with Crippen LogP contribution in [-0.4, -0.2) is 52.7 Å². The molecule has 2 rings (SSSR count). The molecule has 6 nitrogen and oxygen atoms in total. The van der Waals surface area contributed by atoms with E-state index >= 15 is 0 Å². The van der Waals surface area contributed by atoms with Gasteiger partial charge in [-0.2, -0.15) is 0 Å². The van der Waals surface area contributed by atoms with Crippen molar-refractivity contribution < 1.29 is 16.8 Å². The summed E-state index contributed by atoms with van der Waals surface area (Å²) in [5, 5.41) is 2.07. The topological polar surface area (TPSA) is 92.3 Å². The van der Waals surface area contributed by atoms with Crippen LogP contribution in [0.25, 0.3) is 0 Å². The van der Waals surface area contributed by atoms with Crippen molar-refractivity contribution in [2.24, 2.45) is 0 Å². The van der Waals surface area contributed by atoms with Crippen LogP contribution >= 0.6 is 0 Å². The lowest BCUT2D eigenvalue weighted by molar-refractivity contribution is 0.489. The van der Waals surface area contributed by atoms with Crippen molar-refractivity contribution in [1.29, 1.82) is 0 Å². The molecule has 0 aromatic heterocycles. The molecule has 0 bridgehead atoms. The molecule has 2 fully saturated rings. The molecule has 0 amide bonds. The highest BCUT2D eigenvalue weighted by Gasteiger charge is 2.34. The third kappa shape index (κ3) is 3.23. The van der Waals surface area contributed by atoms with Crippen LogP contribution in [-0.2, 0) is 19.9 Å². The lowest BCUT2D eigenvalue weighted by Gasteiger charge is -2.23. The van der Waals surface area contributed by atoms with Crippen LogP contribution in [0.4, 0.5) is 0 Å². The summed E-state index contributed by atoms with van der Waals surface area (Å²) in [6, 6.07) is 0. The zero-order valence-corrected chi connectivity index (χ0v) is 11.9. The summed E-state index contributed by atoms with van der Waals surface area (Å²) in [5.74, 6) is 0.185. The minimum atomic E-state index is -3.40. The van der Waals surface area contributed by atoms with E-state index in [0.29, 0.717) is 25.8 Å². The highest BCUT2D eigenvalue weighted by molar-refractivity contribution is 7.92. The fourth-order valence-corrected chi connectivity index (χ4v) is 5.85. The fourth-order valence-electron chi connectivity index (χ4n) is 2.50. The van der Waals surface area contributed by atoms with Gasteiger partial charge in [-0.05, 0) is 32.2 Å². The second-order valence-corrected chi connectivity index (χ2v) is 9.44. The van der Waals surface area contributed by atoms with Crippen LogP contribution in [0.2, 0.25) is 0 Å². The zero-order valence-electron chi connectivity index (χ0n) is 10.3. The normalized spacial score (nSPS) is 32.4. The molecule has 2 atom stereocenters. The van der Waals surface area contributed by atoms with Gasteiger partial charge in [-0.3, -0.25) is 0 Å². The molecule has 0 radical (unpaired) electrons. The zero-order chi connectivity index (χ0) is 13.2. The van der Waals surface area contributed by atoms with Gasteiger partial charge in [0.2, 0.25) is 10.0 Å². The highest BCUT2D eigenvalue weighted by Crippen LogP contribution is 2.20. The number of hydrogen-bond donors (Lipinski definition) is 2. The Morgan fingerprint density at radius 1 is 1.22 bits per heavy atom. The van der Waals surface area contributed by atoms with Gasteiger partial charge in [-0.1, -0.05) is 0 Å². The fraction of sp³-hybridized carbons (Fsp3) is 1.00. The molecular weight excluding hydrogens is 276 g/mol. The Morgan fingerprint density at radius 2 is 2.00 bits per heavy atom. The summed E-state index contributed by atoms with van der Waals surface area (Å²) in [4.78, 5) is 0. The van der Waals surface area contributed by atoms with Gasteiger partial charge in [0, 0.05) is 13.1 Å². The Hall–Kier alpha value is -0.180. The minimum absolute atomic E-state index is 0.0289. The average Bonchev–Trinajstić information content (AvgIpc) is 2.67. The Morgan fingerprint density at radius 3 is 2.56 bits per heavy atom. The molecule has 2 N–H and O–H groups in total. The van der Waals surface area contributed by atoms with E-state index in [1.807, 2.05) is 0 Å². The van der Waals surface area contributed by atoms with Gasteiger partial charge in [0.15, 0.2) is 9.84 Å². The molecule has 2 heterocycles. The second kappa shape index (κ2) is 5.44. The van der Waals surface area contributed by atoms with E-state index < -0.39 is 30.4 Å². The van der Waals surface area contributed by atoms with Crippen LogP contribution in [0.3, 0.4) is 0 Å². The molecule has 8 heteroatoms. The Labute approximate surface area is 108 Å². The van der Waals surface area contributed by atoms with Gasteiger partial charge < -0.3 is 5.32 Å². The predicted octanol–water partition coefficient (Wildman–Crippen LogP) is -0.765. The van der Waals surface area contributed by atoms with Crippen LogP contribution < -0.4 is 10.0 Å². The van der Waals surface area contributed by atoms with Crippen molar-refractivity contribution in [2.75, 3.05) is 25.4 Å². The number of sulfone groups is 1. The summed E-state index contributed by atoms with van der Waals surface area (Å²) in [6.45, 7) is 1.33. The monoisotopic (exact) mass is 296 g/mol. The molecule has 2 aliphatic rings. The lowest BCUT2D eigenvalue weighted by Crippen LogP contribution is -2.46. The minimum Gasteiger partial charge on any atom is -0.315 e. The Kier molecular flexibility index (Phi) is 4.30. The lowest BCUT2D eigenvalue weighted by atomic mass is 10.2. The number of rotatable bonds is 4. The van der Waals surface area contributed by atoms with E-state index in [9.17, 15) is 16.8 Å². The van der Waals surface area contributed by atoms with E-state index in [-0.39, 0.29) is 12.3 Å². The first-order valence-electron chi connectivity index (χ1n) is 6.32. The van der Waals surface area contributed by atoms with Gasteiger partial charge in [0.25, 0.3) is 0 Å². The summed E-state index contributed by atoms with van der Waals surface area (Å²) in [5.41, 5.74) is 0. The molecule has 2 unspecified atom stereocenters. The van der Waals surface area contributed by atoms with Crippen molar-refractivity contribution in [3.8, 4) is 0 Å². The first kappa shape index (κ1) is 14.2. The summed E-state index contributed by atoms with van der Waals surface area (Å²) < 4.78 is 49.7. The summed E-state index contributed by atoms with van der Waals surface area (Å²) >= 11 is 0. The highest BCUT2D eigenvalue weighted by atomic mass is 32.2. The van der Waals surface area contributed by atoms with Gasteiger partial charge in [-0.25, -0.2) is 21.6 Å². The molecule has 2 saturated heterocycles. The summed E-state index contributed by atoms with van der Waals surface area (Å²) in [7, 11) is -6.48. The number of nitrogens with one attached hydrogen (secondary N) is 2. The van der Waals surface area contributed by atoms with E-state index in [1.165, 1.54) is 0 Å². The van der Waals surface area contributed by atoms with Crippen molar-refractivity contribution in [2.45, 2.75) is 36.2 Å². The molecule has 106 valence electrons. The molecule has 0 aromatic carbocycles. The van der Waals surface area contributed by atoms with Crippen LogP contribution in [0.15, 0.2) is 0 Å². The van der Waals surface area contributed by atoms with E-state index in [4.69, 9.17) is 0 Å². The van der Waals surface area contributed by atoms with Crippen molar-refractivity contribution in [1.82, 2.24) is 10.0 Å². The van der Waals surface area contributed by atoms with Crippen molar-refractivity contribution in [3.63, 3.8) is 0 Å². The molecule has 0 aromatic rings. The molecule has 18 heavy (non-hydrogen) atoms. The van der Waals surface area contributed by atoms with Gasteiger partial charge in [0.1, 0.15) is 0 Å². The predicted molar refractivity (Wildman–Crippen MR) is 69.6 cm³/mol. The number of hydrogen-bond acceptors (Lipinski definition) is 5. The van der Waals surface area contributed by atoms with Gasteiger partial charge in [0.05, 0.1) is 16.3 Å². The van der Waals surface area contributed by atoms with Crippen LogP contribution in [0.5, 0.6) is 0 Å². The van der Waals surface area contributed by atoms with E-state index in [1.54, 1.807) is 0 Å². The van der Waals surface area contributed by atoms with E-state index in [0.717, 1.165) is 13.0 Å². The average molecular weight is 296 g/mol. The SMILES string of the molecule is O=S1(=O)CCCC1CNS(=O)(=O)C1CCCNC1. The second-order valence-electron chi connectivity index (χ2n) is 4.99. The van der Waals surface area contributed by atoms with Crippen LogP contribution in [0.1, 0.15) is 25.7 Å². The Bertz CT molecular complexity index is 480. The summed E-state index contributed by atoms with van der Waals surface area (Å²) in [6.07, 6.45) is 2.68. The molecule has 0 saturated carbocycles. The molecule has 0 aliphatic carbocycles. The standard InChI is InChI=1S/C10H20N2O4S2/c13-17(14)6-2-4-9(17)8-12-18(15,16)10-3-1-5-11-7-10/h9-12H,1-8H2. The largest absolute Gasteiger partial charge is 0.315 e. The number of piperidine rings is 1. The first-order valence-corrected chi connectivity index (χ1v) is 9.59. The molecule has 0 spiro atoms. The number of sulfonamides is 1. The smallest absolute Gasteiger partial charge is 0.215 e.